The molecule has 0 N–H and O–H groups in total. The van der Waals surface area contributed by atoms with Crippen LogP contribution < -0.4 is 4.90 Å². The largest absolute Gasteiger partial charge is 0.378 e. The zero-order valence-corrected chi connectivity index (χ0v) is 9.17. The Bertz CT molecular complexity index is 462. The van der Waals surface area contributed by atoms with Crippen molar-refractivity contribution in [1.29, 1.82) is 0 Å². The number of morpholine rings is 1. The second-order valence-electron chi connectivity index (χ2n) is 3.60. The van der Waals surface area contributed by atoms with E-state index in [4.69, 9.17) is 4.74 Å². The third kappa shape index (κ3) is 1.70. The van der Waals surface area contributed by atoms with Crippen molar-refractivity contribution >= 4 is 27.2 Å². The highest BCUT2D eigenvalue weighted by Gasteiger charge is 2.11. The van der Waals surface area contributed by atoms with Crippen LogP contribution >= 0.6 is 11.3 Å². The van der Waals surface area contributed by atoms with Crippen LogP contribution in [0, 0.1) is 0 Å². The molecule has 1 aromatic heterocycles. The van der Waals surface area contributed by atoms with E-state index in [1.165, 1.54) is 10.4 Å². The number of hydrogen-bond donors (Lipinski definition) is 0. The van der Waals surface area contributed by atoms with E-state index in [-0.39, 0.29) is 0 Å². The van der Waals surface area contributed by atoms with Crippen molar-refractivity contribution in [2.45, 2.75) is 0 Å². The molecule has 2 aromatic rings. The molecule has 1 aromatic carbocycles. The Kier molecular flexibility index (Phi) is 2.31. The maximum absolute atomic E-state index is 5.34. The first kappa shape index (κ1) is 9.12. The lowest BCUT2D eigenvalue weighted by Crippen LogP contribution is -2.36. The fourth-order valence-corrected chi connectivity index (χ4v) is 2.57. The Morgan fingerprint density at radius 3 is 3.00 bits per heavy atom. The van der Waals surface area contributed by atoms with Gasteiger partial charge >= 0.3 is 0 Å². The first-order valence-corrected chi connectivity index (χ1v) is 5.97. The zero-order chi connectivity index (χ0) is 10.1. The average Bonchev–Trinajstić information content (AvgIpc) is 2.77. The number of hydrogen-bond acceptors (Lipinski definition) is 4. The summed E-state index contributed by atoms with van der Waals surface area (Å²) in [6.07, 6.45) is 0. The molecule has 1 aliphatic rings. The summed E-state index contributed by atoms with van der Waals surface area (Å²) in [4.78, 5) is 6.64. The van der Waals surface area contributed by atoms with Crippen LogP contribution in [0.25, 0.3) is 10.2 Å². The van der Waals surface area contributed by atoms with Crippen molar-refractivity contribution in [3.8, 4) is 0 Å². The molecule has 0 aliphatic carbocycles. The maximum atomic E-state index is 5.34. The van der Waals surface area contributed by atoms with Crippen LogP contribution in [-0.4, -0.2) is 31.3 Å². The predicted molar refractivity (Wildman–Crippen MR) is 62.7 cm³/mol. The summed E-state index contributed by atoms with van der Waals surface area (Å²) >= 11 is 1.70. The molecule has 15 heavy (non-hydrogen) atoms. The summed E-state index contributed by atoms with van der Waals surface area (Å²) < 4.78 is 6.61. The summed E-state index contributed by atoms with van der Waals surface area (Å²) in [6.45, 7) is 3.65. The number of rotatable bonds is 1. The molecule has 0 spiro atoms. The lowest BCUT2D eigenvalue weighted by atomic mass is 10.2. The Labute approximate surface area is 92.3 Å². The standard InChI is InChI=1S/C11H12N2OS/c1-2-10-11(15-8-12-10)7-9(1)13-3-5-14-6-4-13/h1-2,7-8H,3-6H2. The van der Waals surface area contributed by atoms with Gasteiger partial charge in [0.05, 0.1) is 28.9 Å². The van der Waals surface area contributed by atoms with Gasteiger partial charge in [0, 0.05) is 18.8 Å². The molecule has 0 bridgehead atoms. The molecule has 1 saturated heterocycles. The number of ether oxygens (including phenoxy) is 1. The number of anilines is 1. The zero-order valence-electron chi connectivity index (χ0n) is 8.35. The van der Waals surface area contributed by atoms with Crippen molar-refractivity contribution in [2.24, 2.45) is 0 Å². The van der Waals surface area contributed by atoms with Gasteiger partial charge in [-0.1, -0.05) is 0 Å². The van der Waals surface area contributed by atoms with Gasteiger partial charge < -0.3 is 9.64 Å². The van der Waals surface area contributed by atoms with Crippen LogP contribution in [0.5, 0.6) is 0 Å². The highest BCUT2D eigenvalue weighted by Crippen LogP contribution is 2.24. The SMILES string of the molecule is c1nc2ccc(N3CCOCC3)cc2s1. The van der Waals surface area contributed by atoms with Crippen LogP contribution in [0.2, 0.25) is 0 Å². The van der Waals surface area contributed by atoms with Gasteiger partial charge in [0.25, 0.3) is 0 Å². The summed E-state index contributed by atoms with van der Waals surface area (Å²) in [5, 5.41) is 0. The fraction of sp³-hybridized carbons (Fsp3) is 0.364. The van der Waals surface area contributed by atoms with Gasteiger partial charge in [-0.15, -0.1) is 11.3 Å². The number of nitrogens with zero attached hydrogens (tertiary/aromatic N) is 2. The molecule has 3 rings (SSSR count). The normalized spacial score (nSPS) is 17.2. The monoisotopic (exact) mass is 220 g/mol. The van der Waals surface area contributed by atoms with E-state index < -0.39 is 0 Å². The average molecular weight is 220 g/mol. The van der Waals surface area contributed by atoms with Crippen molar-refractivity contribution in [3.63, 3.8) is 0 Å². The molecule has 0 atom stereocenters. The van der Waals surface area contributed by atoms with E-state index in [9.17, 15) is 0 Å². The molecule has 2 heterocycles. The second kappa shape index (κ2) is 3.79. The number of aromatic nitrogens is 1. The Morgan fingerprint density at radius 2 is 2.13 bits per heavy atom. The van der Waals surface area contributed by atoms with E-state index in [1.807, 2.05) is 5.51 Å². The summed E-state index contributed by atoms with van der Waals surface area (Å²) in [7, 11) is 0. The lowest BCUT2D eigenvalue weighted by Gasteiger charge is -2.28. The highest BCUT2D eigenvalue weighted by molar-refractivity contribution is 7.16. The minimum Gasteiger partial charge on any atom is -0.378 e. The van der Waals surface area contributed by atoms with Crippen LogP contribution in [0.15, 0.2) is 23.7 Å². The molecule has 4 heteroatoms. The van der Waals surface area contributed by atoms with Crippen LogP contribution in [0.3, 0.4) is 0 Å². The minimum absolute atomic E-state index is 0.834. The summed E-state index contributed by atoms with van der Waals surface area (Å²) in [5.41, 5.74) is 4.28. The van der Waals surface area contributed by atoms with E-state index in [1.54, 1.807) is 11.3 Å². The van der Waals surface area contributed by atoms with E-state index in [0.717, 1.165) is 31.8 Å². The quantitative estimate of drug-likeness (QED) is 0.736. The number of fused-ring (bicyclic) bond motifs is 1. The summed E-state index contributed by atoms with van der Waals surface area (Å²) in [6, 6.07) is 6.46. The Hall–Kier alpha value is -1.13. The summed E-state index contributed by atoms with van der Waals surface area (Å²) in [5.74, 6) is 0. The van der Waals surface area contributed by atoms with E-state index in [0.29, 0.717) is 0 Å². The van der Waals surface area contributed by atoms with Crippen molar-refractivity contribution in [1.82, 2.24) is 4.98 Å². The molecule has 1 fully saturated rings. The predicted octanol–water partition coefficient (Wildman–Crippen LogP) is 2.13. The van der Waals surface area contributed by atoms with Gasteiger partial charge in [-0.3, -0.25) is 0 Å². The van der Waals surface area contributed by atoms with Crippen LogP contribution in [-0.2, 0) is 4.74 Å². The fourth-order valence-electron chi connectivity index (χ4n) is 1.86. The smallest absolute Gasteiger partial charge is 0.0813 e. The van der Waals surface area contributed by atoms with Crippen molar-refractivity contribution in [3.05, 3.63) is 23.7 Å². The van der Waals surface area contributed by atoms with Gasteiger partial charge in [0.1, 0.15) is 0 Å². The van der Waals surface area contributed by atoms with E-state index >= 15 is 0 Å². The number of thiazole rings is 1. The molecular formula is C11H12N2OS. The Balaban J connectivity index is 1.95. The molecule has 0 amide bonds. The van der Waals surface area contributed by atoms with Crippen LogP contribution in [0.4, 0.5) is 5.69 Å². The molecule has 1 aliphatic heterocycles. The molecular weight excluding hydrogens is 208 g/mol. The first-order chi connectivity index (χ1) is 7.43. The minimum atomic E-state index is 0.834. The molecule has 78 valence electrons. The van der Waals surface area contributed by atoms with Crippen LogP contribution in [0.1, 0.15) is 0 Å². The topological polar surface area (TPSA) is 25.4 Å². The maximum Gasteiger partial charge on any atom is 0.0813 e. The second-order valence-corrected chi connectivity index (χ2v) is 4.49. The van der Waals surface area contributed by atoms with Gasteiger partial charge in [-0.05, 0) is 18.2 Å². The Morgan fingerprint density at radius 1 is 1.27 bits per heavy atom. The van der Waals surface area contributed by atoms with Crippen molar-refractivity contribution in [2.75, 3.05) is 31.2 Å². The van der Waals surface area contributed by atoms with Gasteiger partial charge in [0.15, 0.2) is 0 Å². The van der Waals surface area contributed by atoms with E-state index in [2.05, 4.69) is 28.1 Å². The third-order valence-electron chi connectivity index (χ3n) is 2.69. The van der Waals surface area contributed by atoms with Gasteiger partial charge in [-0.2, -0.15) is 0 Å². The molecule has 0 saturated carbocycles. The molecule has 0 unspecified atom stereocenters. The van der Waals surface area contributed by atoms with Gasteiger partial charge in [0.2, 0.25) is 0 Å². The van der Waals surface area contributed by atoms with Gasteiger partial charge in [-0.25, -0.2) is 4.98 Å². The highest BCUT2D eigenvalue weighted by atomic mass is 32.1. The molecule has 0 radical (unpaired) electrons. The third-order valence-corrected chi connectivity index (χ3v) is 3.48. The lowest BCUT2D eigenvalue weighted by molar-refractivity contribution is 0.122. The van der Waals surface area contributed by atoms with Crippen molar-refractivity contribution < 1.29 is 4.74 Å². The molecule has 3 nitrogen and oxygen atoms in total. The first-order valence-electron chi connectivity index (χ1n) is 5.09. The number of benzene rings is 1.